The number of nitrogens with zero attached hydrogens (tertiary/aromatic N) is 5. The van der Waals surface area contributed by atoms with Crippen molar-refractivity contribution in [2.75, 3.05) is 31.9 Å². The van der Waals surface area contributed by atoms with E-state index in [1.165, 1.54) is 43.3 Å². The van der Waals surface area contributed by atoms with Crippen LogP contribution in [0.4, 0.5) is 5.82 Å². The van der Waals surface area contributed by atoms with Gasteiger partial charge in [0.05, 0.1) is 33.0 Å². The van der Waals surface area contributed by atoms with E-state index in [-0.39, 0.29) is 11.9 Å². The number of nitrogens with one attached hydrogen (secondary N) is 1. The van der Waals surface area contributed by atoms with Crippen molar-refractivity contribution in [3.8, 4) is 10.6 Å². The highest BCUT2D eigenvalue weighted by Gasteiger charge is 2.33. The number of nitrogens with two attached hydrogens (primary N) is 1. The van der Waals surface area contributed by atoms with Gasteiger partial charge in [0, 0.05) is 37.6 Å². The van der Waals surface area contributed by atoms with Gasteiger partial charge in [0.15, 0.2) is 5.76 Å². The van der Waals surface area contributed by atoms with Gasteiger partial charge in [0.2, 0.25) is 5.91 Å². The maximum Gasteiger partial charge on any atom is 0.237 e. The fourth-order valence-corrected chi connectivity index (χ4v) is 6.72. The van der Waals surface area contributed by atoms with E-state index in [2.05, 4.69) is 25.3 Å². The molecule has 11 heteroatoms. The lowest BCUT2D eigenvalue weighted by Gasteiger charge is -2.41. The number of rotatable bonds is 9. The van der Waals surface area contributed by atoms with Gasteiger partial charge >= 0.3 is 0 Å². The summed E-state index contributed by atoms with van der Waals surface area (Å²) in [6, 6.07) is 11.7. The van der Waals surface area contributed by atoms with Gasteiger partial charge in [-0.05, 0) is 55.1 Å². The molecule has 1 aliphatic heterocycles. The molecule has 0 bridgehead atoms. The summed E-state index contributed by atoms with van der Waals surface area (Å²) in [5.74, 6) is 1.99. The van der Waals surface area contributed by atoms with Crippen LogP contribution in [0.15, 0.2) is 47.2 Å². The third-order valence-corrected chi connectivity index (χ3v) is 8.97. The van der Waals surface area contributed by atoms with Gasteiger partial charge in [-0.1, -0.05) is 35.7 Å². The molecular weight excluding hydrogens is 534 g/mol. The molecule has 0 radical (unpaired) electrons. The Labute approximate surface area is 236 Å². The Bertz CT molecular complexity index is 1450. The summed E-state index contributed by atoms with van der Waals surface area (Å²) < 4.78 is 6.28. The molecular formula is C28H32ClN7O2S. The van der Waals surface area contributed by atoms with Gasteiger partial charge in [0.1, 0.15) is 12.1 Å². The maximum atomic E-state index is 13.5. The first-order valence-corrected chi connectivity index (χ1v) is 14.6. The average molecular weight is 566 g/mol. The number of halogens is 1. The predicted molar refractivity (Wildman–Crippen MR) is 153 cm³/mol. The quantitative estimate of drug-likeness (QED) is 0.303. The van der Waals surface area contributed by atoms with Gasteiger partial charge in [-0.25, -0.2) is 9.97 Å². The minimum absolute atomic E-state index is 0.0290. The van der Waals surface area contributed by atoms with Crippen LogP contribution in [-0.2, 0) is 17.9 Å². The number of benzene rings is 1. The highest BCUT2D eigenvalue weighted by molar-refractivity contribution is 7.19. The zero-order valence-corrected chi connectivity index (χ0v) is 23.3. The molecule has 0 spiro atoms. The number of fused-ring (bicyclic) bond motifs is 1. The summed E-state index contributed by atoms with van der Waals surface area (Å²) >= 11 is 7.54. The molecule has 1 saturated heterocycles. The standard InChI is InChI=1S/C28H32ClN7O2S/c29-26-8-7-25(39-26)24-10-20(34-38-24)14-35-15-21(12-31-11-18-3-1-2-4-18)36(27(37)16-35)13-19-5-6-22-23(9-19)32-17-33-28(22)30/h5-10,17-18,21,31H,1-4,11-16H2,(H2,30,32,33)/t21-/m0/s1. The molecule has 2 aliphatic rings. The van der Waals surface area contributed by atoms with E-state index in [1.54, 1.807) is 0 Å². The summed E-state index contributed by atoms with van der Waals surface area (Å²) in [6.07, 6.45) is 6.70. The summed E-state index contributed by atoms with van der Waals surface area (Å²) in [5, 5.41) is 8.77. The number of amides is 1. The van der Waals surface area contributed by atoms with E-state index in [0.717, 1.165) is 52.6 Å². The zero-order valence-electron chi connectivity index (χ0n) is 21.7. The van der Waals surface area contributed by atoms with Crippen LogP contribution in [-0.4, -0.2) is 63.1 Å². The highest BCUT2D eigenvalue weighted by Crippen LogP contribution is 2.32. The smallest absolute Gasteiger partial charge is 0.237 e. The number of carbonyl (C=O) groups is 1. The van der Waals surface area contributed by atoms with Crippen molar-refractivity contribution in [2.45, 2.75) is 44.8 Å². The first-order valence-electron chi connectivity index (χ1n) is 13.4. The minimum Gasteiger partial charge on any atom is -0.383 e. The molecule has 1 aromatic carbocycles. The Balaban J connectivity index is 1.16. The Morgan fingerprint density at radius 2 is 1.97 bits per heavy atom. The molecule has 1 atom stereocenters. The predicted octanol–water partition coefficient (Wildman–Crippen LogP) is 4.57. The number of thiophene rings is 1. The second kappa shape index (κ2) is 11.6. The minimum atomic E-state index is 0.0290. The molecule has 4 heterocycles. The second-order valence-electron chi connectivity index (χ2n) is 10.6. The van der Waals surface area contributed by atoms with Crippen molar-refractivity contribution in [1.82, 2.24) is 30.2 Å². The average Bonchev–Trinajstić information content (AvgIpc) is 3.69. The largest absolute Gasteiger partial charge is 0.383 e. The van der Waals surface area contributed by atoms with Crippen molar-refractivity contribution in [3.05, 3.63) is 58.3 Å². The van der Waals surface area contributed by atoms with Crippen molar-refractivity contribution < 1.29 is 9.32 Å². The van der Waals surface area contributed by atoms with Crippen LogP contribution in [0.1, 0.15) is 36.9 Å². The summed E-state index contributed by atoms with van der Waals surface area (Å²) in [4.78, 5) is 27.1. The topological polar surface area (TPSA) is 113 Å². The van der Waals surface area contributed by atoms with Crippen LogP contribution in [0, 0.1) is 5.92 Å². The van der Waals surface area contributed by atoms with E-state index in [9.17, 15) is 4.79 Å². The number of hydrogen-bond acceptors (Lipinski definition) is 9. The zero-order chi connectivity index (χ0) is 26.8. The molecule has 1 saturated carbocycles. The molecule has 6 rings (SSSR count). The van der Waals surface area contributed by atoms with Crippen LogP contribution < -0.4 is 11.1 Å². The van der Waals surface area contributed by atoms with E-state index < -0.39 is 0 Å². The molecule has 1 aliphatic carbocycles. The third kappa shape index (κ3) is 6.09. The summed E-state index contributed by atoms with van der Waals surface area (Å²) in [7, 11) is 0. The number of piperazine rings is 1. The van der Waals surface area contributed by atoms with E-state index >= 15 is 0 Å². The van der Waals surface area contributed by atoms with Gasteiger partial charge in [-0.2, -0.15) is 0 Å². The monoisotopic (exact) mass is 565 g/mol. The number of aromatic nitrogens is 3. The lowest BCUT2D eigenvalue weighted by molar-refractivity contribution is -0.140. The van der Waals surface area contributed by atoms with E-state index in [4.69, 9.17) is 21.9 Å². The highest BCUT2D eigenvalue weighted by atomic mass is 35.5. The van der Waals surface area contributed by atoms with Gasteiger partial charge < -0.3 is 20.5 Å². The summed E-state index contributed by atoms with van der Waals surface area (Å²) in [5.41, 5.74) is 8.63. The molecule has 204 valence electrons. The fourth-order valence-electron chi connectivity index (χ4n) is 5.72. The lowest BCUT2D eigenvalue weighted by atomic mass is 10.1. The molecule has 3 N–H and O–H groups in total. The Morgan fingerprint density at radius 1 is 1.10 bits per heavy atom. The van der Waals surface area contributed by atoms with Crippen LogP contribution >= 0.6 is 22.9 Å². The van der Waals surface area contributed by atoms with Crippen molar-refractivity contribution in [1.29, 1.82) is 0 Å². The molecule has 3 aromatic heterocycles. The molecule has 2 fully saturated rings. The normalized spacial score (nSPS) is 18.9. The van der Waals surface area contributed by atoms with Crippen molar-refractivity contribution >= 4 is 45.6 Å². The Morgan fingerprint density at radius 3 is 2.79 bits per heavy atom. The Kier molecular flexibility index (Phi) is 7.78. The number of anilines is 1. The lowest BCUT2D eigenvalue weighted by Crippen LogP contribution is -2.58. The van der Waals surface area contributed by atoms with E-state index in [1.807, 2.05) is 41.3 Å². The van der Waals surface area contributed by atoms with Crippen LogP contribution in [0.5, 0.6) is 0 Å². The van der Waals surface area contributed by atoms with E-state index in [0.29, 0.717) is 35.5 Å². The van der Waals surface area contributed by atoms with Gasteiger partial charge in [0.25, 0.3) is 0 Å². The molecule has 1 amide bonds. The number of carbonyl (C=O) groups excluding carboxylic acids is 1. The SMILES string of the molecule is Nc1ncnc2cc(CN3C(=O)CN(Cc4cc(-c5ccc(Cl)s5)on4)C[C@@H]3CNCC3CCCC3)ccc12. The molecule has 4 aromatic rings. The summed E-state index contributed by atoms with van der Waals surface area (Å²) in [6.45, 7) is 3.90. The molecule has 0 unspecified atom stereocenters. The van der Waals surface area contributed by atoms with Crippen LogP contribution in [0.2, 0.25) is 4.34 Å². The third-order valence-electron chi connectivity index (χ3n) is 7.72. The number of hydrogen-bond donors (Lipinski definition) is 2. The maximum absolute atomic E-state index is 13.5. The van der Waals surface area contributed by atoms with Gasteiger partial charge in [-0.15, -0.1) is 11.3 Å². The van der Waals surface area contributed by atoms with Crippen molar-refractivity contribution in [2.24, 2.45) is 5.92 Å². The second-order valence-corrected chi connectivity index (χ2v) is 12.3. The van der Waals surface area contributed by atoms with Crippen molar-refractivity contribution in [3.63, 3.8) is 0 Å². The molecule has 9 nitrogen and oxygen atoms in total. The van der Waals surface area contributed by atoms with Gasteiger partial charge in [-0.3, -0.25) is 9.69 Å². The molecule has 39 heavy (non-hydrogen) atoms. The number of nitrogen functional groups attached to an aromatic ring is 1. The van der Waals surface area contributed by atoms with Crippen LogP contribution in [0.25, 0.3) is 21.5 Å². The first kappa shape index (κ1) is 26.2. The van der Waals surface area contributed by atoms with Crippen LogP contribution in [0.3, 0.4) is 0 Å². The first-order chi connectivity index (χ1) is 19.0. The fraction of sp³-hybridized carbons (Fsp3) is 0.429. The Hall–Kier alpha value is -3.05.